The van der Waals surface area contributed by atoms with Crippen LogP contribution in [0.25, 0.3) is 0 Å². The van der Waals surface area contributed by atoms with Crippen molar-refractivity contribution in [1.29, 1.82) is 0 Å². The number of rotatable bonds is 4. The normalized spacial score (nSPS) is 15.8. The van der Waals surface area contributed by atoms with Crippen molar-refractivity contribution < 1.29 is 22.4 Å². The van der Waals surface area contributed by atoms with E-state index in [0.29, 0.717) is 10.0 Å². The van der Waals surface area contributed by atoms with Gasteiger partial charge < -0.3 is 15.1 Å². The maximum Gasteiger partial charge on any atom is 0.284 e. The van der Waals surface area contributed by atoms with E-state index in [2.05, 4.69) is 20.9 Å². The molecular weight excluding hydrogens is 428 g/mol. The van der Waals surface area contributed by atoms with E-state index < -0.39 is 15.9 Å². The average Bonchev–Trinajstić information content (AvgIpc) is 3.12. The summed E-state index contributed by atoms with van der Waals surface area (Å²) >= 11 is 3.26. The van der Waals surface area contributed by atoms with Gasteiger partial charge in [-0.2, -0.15) is 4.31 Å². The Morgan fingerprint density at radius 2 is 1.85 bits per heavy atom. The van der Waals surface area contributed by atoms with Gasteiger partial charge in [-0.1, -0.05) is 0 Å². The lowest BCUT2D eigenvalue weighted by atomic mass is 10.2. The van der Waals surface area contributed by atoms with Gasteiger partial charge in [-0.3, -0.25) is 14.6 Å². The van der Waals surface area contributed by atoms with Crippen LogP contribution < -0.4 is 5.73 Å². The fourth-order valence-corrected chi connectivity index (χ4v) is 4.26. The number of hydrogen-bond donors (Lipinski definition) is 1. The number of piperazine rings is 1. The summed E-state index contributed by atoms with van der Waals surface area (Å²) in [5, 5.41) is -0.345. The fourth-order valence-electron chi connectivity index (χ4n) is 2.56. The van der Waals surface area contributed by atoms with E-state index in [1.807, 2.05) is 0 Å². The number of pyridine rings is 1. The number of sulfonamides is 1. The van der Waals surface area contributed by atoms with Gasteiger partial charge in [0.1, 0.15) is 0 Å². The Balaban J connectivity index is 1.69. The monoisotopic (exact) mass is 442 g/mol. The van der Waals surface area contributed by atoms with Gasteiger partial charge in [-0.15, -0.1) is 0 Å². The minimum absolute atomic E-state index is 0.113. The molecule has 0 aromatic carbocycles. The van der Waals surface area contributed by atoms with Crippen LogP contribution in [0.15, 0.2) is 44.6 Å². The second-order valence-electron chi connectivity index (χ2n) is 5.57. The van der Waals surface area contributed by atoms with Crippen molar-refractivity contribution >= 4 is 37.8 Å². The minimum atomic E-state index is -3.89. The van der Waals surface area contributed by atoms with Gasteiger partial charge in [0.15, 0.2) is 5.76 Å². The molecule has 2 aromatic rings. The van der Waals surface area contributed by atoms with Crippen molar-refractivity contribution in [3.8, 4) is 0 Å². The number of primary amides is 1. The summed E-state index contributed by atoms with van der Waals surface area (Å²) < 4.78 is 32.1. The predicted octanol–water partition coefficient (Wildman–Crippen LogP) is 0.683. The third-order valence-electron chi connectivity index (χ3n) is 3.90. The van der Waals surface area contributed by atoms with Crippen LogP contribution in [0.4, 0.5) is 0 Å². The lowest BCUT2D eigenvalue weighted by molar-refractivity contribution is 0.0696. The number of nitrogens with two attached hydrogens (primary N) is 1. The number of carbonyl (C=O) groups excluding carboxylic acids is 2. The van der Waals surface area contributed by atoms with Crippen molar-refractivity contribution in [2.24, 2.45) is 5.73 Å². The van der Waals surface area contributed by atoms with Gasteiger partial charge in [0.2, 0.25) is 5.09 Å². The van der Waals surface area contributed by atoms with Crippen LogP contribution >= 0.6 is 15.9 Å². The van der Waals surface area contributed by atoms with Crippen molar-refractivity contribution in [3.05, 3.63) is 46.4 Å². The van der Waals surface area contributed by atoms with Crippen LogP contribution in [-0.2, 0) is 10.0 Å². The largest absolute Gasteiger partial charge is 0.438 e. The SMILES string of the molecule is NC(=O)c1ccc(S(=O)(=O)N2CCN(C(=O)c3cncc(Br)c3)CC2)o1. The first kappa shape index (κ1) is 18.5. The van der Waals surface area contributed by atoms with Crippen molar-refractivity contribution in [3.63, 3.8) is 0 Å². The molecule has 2 aromatic heterocycles. The molecule has 0 unspecified atom stereocenters. The lowest BCUT2D eigenvalue weighted by Crippen LogP contribution is -2.50. The number of nitrogens with zero attached hydrogens (tertiary/aromatic N) is 3. The Morgan fingerprint density at radius 1 is 1.15 bits per heavy atom. The highest BCUT2D eigenvalue weighted by atomic mass is 79.9. The summed E-state index contributed by atoms with van der Waals surface area (Å²) in [5.41, 5.74) is 5.50. The van der Waals surface area contributed by atoms with E-state index in [4.69, 9.17) is 10.2 Å². The summed E-state index contributed by atoms with van der Waals surface area (Å²) in [6, 6.07) is 4.07. The molecule has 3 rings (SSSR count). The third-order valence-corrected chi connectivity index (χ3v) is 6.10. The molecule has 1 aliphatic heterocycles. The van der Waals surface area contributed by atoms with Crippen molar-refractivity contribution in [1.82, 2.24) is 14.2 Å². The van der Waals surface area contributed by atoms with E-state index in [0.717, 1.165) is 0 Å². The number of aromatic nitrogens is 1. The summed E-state index contributed by atoms with van der Waals surface area (Å²) in [7, 11) is -3.89. The molecule has 1 saturated heterocycles. The zero-order chi connectivity index (χ0) is 18.9. The lowest BCUT2D eigenvalue weighted by Gasteiger charge is -2.33. The maximum atomic E-state index is 12.6. The summed E-state index contributed by atoms with van der Waals surface area (Å²) in [5.74, 6) is -1.28. The van der Waals surface area contributed by atoms with E-state index >= 15 is 0 Å². The second kappa shape index (κ2) is 7.17. The van der Waals surface area contributed by atoms with Crippen LogP contribution in [0, 0.1) is 0 Å². The number of hydrogen-bond acceptors (Lipinski definition) is 6. The molecule has 0 radical (unpaired) electrons. The summed E-state index contributed by atoms with van der Waals surface area (Å²) in [4.78, 5) is 29.1. The first-order chi connectivity index (χ1) is 12.3. The standard InChI is InChI=1S/C15H15BrN4O5S/c16-11-7-10(8-18-9-11)15(22)19-3-5-20(6-4-19)26(23,24)13-2-1-12(25-13)14(17)21/h1-2,7-9H,3-6H2,(H2,17,21). The Hall–Kier alpha value is -2.24. The molecule has 11 heteroatoms. The zero-order valence-electron chi connectivity index (χ0n) is 13.5. The van der Waals surface area contributed by atoms with E-state index in [1.54, 1.807) is 17.2 Å². The Kier molecular flexibility index (Phi) is 5.12. The summed E-state index contributed by atoms with van der Waals surface area (Å²) in [6.45, 7) is 0.687. The molecule has 3 heterocycles. The predicted molar refractivity (Wildman–Crippen MR) is 93.8 cm³/mol. The Bertz CT molecular complexity index is 950. The van der Waals surface area contributed by atoms with Crippen LogP contribution in [-0.4, -0.2) is 60.6 Å². The first-order valence-corrected chi connectivity index (χ1v) is 9.82. The molecule has 9 nitrogen and oxygen atoms in total. The quantitative estimate of drug-likeness (QED) is 0.741. The highest BCUT2D eigenvalue weighted by molar-refractivity contribution is 9.10. The molecule has 0 aliphatic carbocycles. The number of furan rings is 1. The van der Waals surface area contributed by atoms with Gasteiger partial charge in [-0.05, 0) is 34.1 Å². The molecule has 138 valence electrons. The first-order valence-electron chi connectivity index (χ1n) is 7.58. The minimum Gasteiger partial charge on any atom is -0.438 e. The Labute approximate surface area is 157 Å². The molecule has 0 saturated carbocycles. The van der Waals surface area contributed by atoms with E-state index in [9.17, 15) is 18.0 Å². The maximum absolute atomic E-state index is 12.6. The smallest absolute Gasteiger partial charge is 0.284 e. The number of amides is 2. The van der Waals surface area contributed by atoms with Gasteiger partial charge >= 0.3 is 0 Å². The topological polar surface area (TPSA) is 127 Å². The molecule has 0 spiro atoms. The molecule has 1 fully saturated rings. The van der Waals surface area contributed by atoms with E-state index in [-0.39, 0.29) is 42.9 Å². The van der Waals surface area contributed by atoms with Crippen LogP contribution in [0.5, 0.6) is 0 Å². The highest BCUT2D eigenvalue weighted by Crippen LogP contribution is 2.21. The molecular formula is C15H15BrN4O5S. The highest BCUT2D eigenvalue weighted by Gasteiger charge is 2.33. The van der Waals surface area contributed by atoms with E-state index in [1.165, 1.54) is 22.6 Å². The molecule has 26 heavy (non-hydrogen) atoms. The second-order valence-corrected chi connectivity index (χ2v) is 8.36. The average molecular weight is 443 g/mol. The molecule has 0 bridgehead atoms. The Morgan fingerprint density at radius 3 is 2.42 bits per heavy atom. The van der Waals surface area contributed by atoms with Crippen molar-refractivity contribution in [2.45, 2.75) is 5.09 Å². The molecule has 1 aliphatic rings. The van der Waals surface area contributed by atoms with Gasteiger partial charge in [0.25, 0.3) is 21.8 Å². The van der Waals surface area contributed by atoms with Crippen LogP contribution in [0.3, 0.4) is 0 Å². The number of carbonyl (C=O) groups is 2. The molecule has 2 N–H and O–H groups in total. The van der Waals surface area contributed by atoms with Crippen LogP contribution in [0.2, 0.25) is 0 Å². The van der Waals surface area contributed by atoms with Crippen LogP contribution in [0.1, 0.15) is 20.9 Å². The van der Waals surface area contributed by atoms with Gasteiger partial charge in [0.05, 0.1) is 5.56 Å². The number of halogens is 1. The summed E-state index contributed by atoms with van der Waals surface area (Å²) in [6.07, 6.45) is 3.04. The zero-order valence-corrected chi connectivity index (χ0v) is 15.9. The van der Waals surface area contributed by atoms with Crippen molar-refractivity contribution in [2.75, 3.05) is 26.2 Å². The van der Waals surface area contributed by atoms with Gasteiger partial charge in [0, 0.05) is 43.0 Å². The molecule has 2 amide bonds. The third kappa shape index (κ3) is 3.64. The van der Waals surface area contributed by atoms with Gasteiger partial charge in [-0.25, -0.2) is 8.42 Å². The fraction of sp³-hybridized carbons (Fsp3) is 0.267. The molecule has 0 atom stereocenters.